The van der Waals surface area contributed by atoms with Crippen molar-refractivity contribution >= 4 is 5.91 Å². The molecule has 1 amide bonds. The first-order valence-corrected chi connectivity index (χ1v) is 8.23. The Labute approximate surface area is 143 Å². The fourth-order valence-corrected chi connectivity index (χ4v) is 3.19. The molecule has 0 bridgehead atoms. The molecule has 2 rings (SSSR count). The monoisotopic (exact) mass is 336 g/mol. The van der Waals surface area contributed by atoms with Gasteiger partial charge in [-0.2, -0.15) is 0 Å². The van der Waals surface area contributed by atoms with Crippen molar-refractivity contribution in [3.05, 3.63) is 17.7 Å². The van der Waals surface area contributed by atoms with Crippen molar-refractivity contribution in [3.63, 3.8) is 0 Å². The van der Waals surface area contributed by atoms with Gasteiger partial charge in [0.1, 0.15) is 0 Å². The average Bonchev–Trinajstić information content (AvgIpc) is 2.58. The lowest BCUT2D eigenvalue weighted by atomic mass is 9.77. The standard InChI is InChI=1S/C18H28N2O4/c1-18(2)7-6-8-19-16(18)17(21)20-11-12-9-13(22-3)15(24-5)14(10-12)23-4/h9-10,16,19H,6-8,11H2,1-5H3,(H,20,21). The van der Waals surface area contributed by atoms with Crippen LogP contribution in [0.5, 0.6) is 17.2 Å². The van der Waals surface area contributed by atoms with Gasteiger partial charge in [0.05, 0.1) is 27.4 Å². The molecular formula is C18H28N2O4. The maximum absolute atomic E-state index is 12.6. The topological polar surface area (TPSA) is 68.8 Å². The molecule has 1 aromatic rings. The zero-order valence-electron chi connectivity index (χ0n) is 15.2. The molecule has 24 heavy (non-hydrogen) atoms. The Morgan fingerprint density at radius 1 is 1.21 bits per heavy atom. The second-order valence-corrected chi connectivity index (χ2v) is 6.73. The first-order chi connectivity index (χ1) is 11.4. The molecule has 1 saturated heterocycles. The molecule has 1 aliphatic rings. The third-order valence-electron chi connectivity index (χ3n) is 4.58. The summed E-state index contributed by atoms with van der Waals surface area (Å²) in [5.41, 5.74) is 0.851. The second kappa shape index (κ2) is 7.75. The minimum atomic E-state index is -0.173. The average molecular weight is 336 g/mol. The van der Waals surface area contributed by atoms with E-state index in [1.54, 1.807) is 21.3 Å². The number of hydrogen-bond acceptors (Lipinski definition) is 5. The van der Waals surface area contributed by atoms with E-state index in [1.165, 1.54) is 0 Å². The van der Waals surface area contributed by atoms with E-state index in [2.05, 4.69) is 24.5 Å². The van der Waals surface area contributed by atoms with Crippen LogP contribution in [0.3, 0.4) is 0 Å². The van der Waals surface area contributed by atoms with Crippen LogP contribution < -0.4 is 24.8 Å². The Bertz CT molecular complexity index is 561. The fraction of sp³-hybridized carbons (Fsp3) is 0.611. The first-order valence-electron chi connectivity index (χ1n) is 8.23. The van der Waals surface area contributed by atoms with E-state index in [9.17, 15) is 4.79 Å². The molecule has 1 unspecified atom stereocenters. The molecular weight excluding hydrogens is 308 g/mol. The van der Waals surface area contributed by atoms with Crippen LogP contribution in [0.25, 0.3) is 0 Å². The second-order valence-electron chi connectivity index (χ2n) is 6.73. The molecule has 2 N–H and O–H groups in total. The number of methoxy groups -OCH3 is 3. The fourth-order valence-electron chi connectivity index (χ4n) is 3.19. The summed E-state index contributed by atoms with van der Waals surface area (Å²) in [5, 5.41) is 6.34. The normalized spacial score (nSPS) is 19.5. The largest absolute Gasteiger partial charge is 0.493 e. The van der Waals surface area contributed by atoms with Crippen LogP contribution in [0.2, 0.25) is 0 Å². The van der Waals surface area contributed by atoms with E-state index < -0.39 is 0 Å². The van der Waals surface area contributed by atoms with Gasteiger partial charge < -0.3 is 24.8 Å². The van der Waals surface area contributed by atoms with Gasteiger partial charge in [-0.25, -0.2) is 0 Å². The maximum atomic E-state index is 12.6. The lowest BCUT2D eigenvalue weighted by Crippen LogP contribution is -2.55. The lowest BCUT2D eigenvalue weighted by molar-refractivity contribution is -0.126. The van der Waals surface area contributed by atoms with Crippen LogP contribution in [0, 0.1) is 5.41 Å². The van der Waals surface area contributed by atoms with E-state index >= 15 is 0 Å². The van der Waals surface area contributed by atoms with Crippen molar-refractivity contribution in [2.75, 3.05) is 27.9 Å². The molecule has 134 valence electrons. The highest BCUT2D eigenvalue weighted by atomic mass is 16.5. The summed E-state index contributed by atoms with van der Waals surface area (Å²) in [6.45, 7) is 5.54. The number of hydrogen-bond donors (Lipinski definition) is 2. The molecule has 0 radical (unpaired) electrons. The highest BCUT2D eigenvalue weighted by Crippen LogP contribution is 2.38. The van der Waals surface area contributed by atoms with Gasteiger partial charge in [-0.1, -0.05) is 13.8 Å². The van der Waals surface area contributed by atoms with Gasteiger partial charge in [-0.3, -0.25) is 4.79 Å². The van der Waals surface area contributed by atoms with E-state index in [0.29, 0.717) is 23.8 Å². The molecule has 6 heteroatoms. The molecule has 1 fully saturated rings. The van der Waals surface area contributed by atoms with Crippen molar-refractivity contribution < 1.29 is 19.0 Å². The molecule has 1 heterocycles. The number of benzene rings is 1. The van der Waals surface area contributed by atoms with Crippen LogP contribution >= 0.6 is 0 Å². The van der Waals surface area contributed by atoms with E-state index in [0.717, 1.165) is 24.9 Å². The Balaban J connectivity index is 2.10. The Kier molecular flexibility index (Phi) is 5.94. The van der Waals surface area contributed by atoms with Crippen LogP contribution in [0.4, 0.5) is 0 Å². The highest BCUT2D eigenvalue weighted by molar-refractivity contribution is 5.82. The number of carbonyl (C=O) groups excluding carboxylic acids is 1. The predicted octanol–water partition coefficient (Wildman–Crippen LogP) is 2.11. The van der Waals surface area contributed by atoms with E-state index in [1.807, 2.05) is 12.1 Å². The number of piperidine rings is 1. The summed E-state index contributed by atoms with van der Waals surface area (Å²) in [5.74, 6) is 1.73. The van der Waals surface area contributed by atoms with Gasteiger partial charge in [0.15, 0.2) is 11.5 Å². The van der Waals surface area contributed by atoms with Gasteiger partial charge in [0.25, 0.3) is 0 Å². The molecule has 1 aromatic carbocycles. The molecule has 0 spiro atoms. The van der Waals surface area contributed by atoms with Crippen LogP contribution in [0.15, 0.2) is 12.1 Å². The van der Waals surface area contributed by atoms with Gasteiger partial charge >= 0.3 is 0 Å². The highest BCUT2D eigenvalue weighted by Gasteiger charge is 2.36. The van der Waals surface area contributed by atoms with Gasteiger partial charge in [-0.15, -0.1) is 0 Å². The zero-order valence-corrected chi connectivity index (χ0v) is 15.2. The lowest BCUT2D eigenvalue weighted by Gasteiger charge is -2.38. The number of nitrogens with one attached hydrogen (secondary N) is 2. The zero-order chi connectivity index (χ0) is 17.7. The summed E-state index contributed by atoms with van der Waals surface area (Å²) in [6.07, 6.45) is 2.14. The van der Waals surface area contributed by atoms with Crippen LogP contribution in [0.1, 0.15) is 32.3 Å². The van der Waals surface area contributed by atoms with Crippen molar-refractivity contribution in [2.24, 2.45) is 5.41 Å². The maximum Gasteiger partial charge on any atom is 0.237 e. The number of carbonyl (C=O) groups is 1. The Morgan fingerprint density at radius 3 is 2.33 bits per heavy atom. The molecule has 0 saturated carbocycles. The van der Waals surface area contributed by atoms with Crippen molar-refractivity contribution in [2.45, 2.75) is 39.3 Å². The summed E-state index contributed by atoms with van der Waals surface area (Å²) in [4.78, 5) is 12.6. The van der Waals surface area contributed by atoms with Gasteiger partial charge in [0, 0.05) is 6.54 Å². The van der Waals surface area contributed by atoms with Crippen molar-refractivity contribution in [1.29, 1.82) is 0 Å². The third-order valence-corrected chi connectivity index (χ3v) is 4.58. The minimum absolute atomic E-state index is 0.0217. The van der Waals surface area contributed by atoms with E-state index in [-0.39, 0.29) is 17.4 Å². The Hall–Kier alpha value is -1.95. The summed E-state index contributed by atoms with van der Waals surface area (Å²) in [6, 6.07) is 3.52. The summed E-state index contributed by atoms with van der Waals surface area (Å²) < 4.78 is 16.0. The number of rotatable bonds is 6. The molecule has 0 aromatic heterocycles. The molecule has 1 atom stereocenters. The predicted molar refractivity (Wildman–Crippen MR) is 92.8 cm³/mol. The minimum Gasteiger partial charge on any atom is -0.493 e. The van der Waals surface area contributed by atoms with Crippen LogP contribution in [-0.2, 0) is 11.3 Å². The quantitative estimate of drug-likeness (QED) is 0.833. The van der Waals surface area contributed by atoms with Gasteiger partial charge in [-0.05, 0) is 42.5 Å². The summed E-state index contributed by atoms with van der Waals surface area (Å²) >= 11 is 0. The molecule has 6 nitrogen and oxygen atoms in total. The van der Waals surface area contributed by atoms with Gasteiger partial charge in [0.2, 0.25) is 11.7 Å². The van der Waals surface area contributed by atoms with Crippen molar-refractivity contribution in [1.82, 2.24) is 10.6 Å². The molecule has 1 aliphatic heterocycles. The van der Waals surface area contributed by atoms with Crippen LogP contribution in [-0.4, -0.2) is 39.8 Å². The SMILES string of the molecule is COc1cc(CNC(=O)C2NCCCC2(C)C)cc(OC)c1OC. The third kappa shape index (κ3) is 3.93. The number of amides is 1. The number of ether oxygens (including phenoxy) is 3. The van der Waals surface area contributed by atoms with Crippen molar-refractivity contribution in [3.8, 4) is 17.2 Å². The molecule has 0 aliphatic carbocycles. The summed E-state index contributed by atoms with van der Waals surface area (Å²) in [7, 11) is 4.72. The Morgan fingerprint density at radius 2 is 1.83 bits per heavy atom. The first kappa shape index (κ1) is 18.4. The smallest absolute Gasteiger partial charge is 0.237 e. The van der Waals surface area contributed by atoms with E-state index in [4.69, 9.17) is 14.2 Å².